The van der Waals surface area contributed by atoms with Gasteiger partial charge >= 0.3 is 0 Å². The highest BCUT2D eigenvalue weighted by atomic mass is 35.5. The molecule has 4 rings (SSSR count). The van der Waals surface area contributed by atoms with E-state index in [4.69, 9.17) is 21.1 Å². The minimum Gasteiger partial charge on any atom is -0.494 e. The highest BCUT2D eigenvalue weighted by Crippen LogP contribution is 2.29. The zero-order valence-electron chi connectivity index (χ0n) is 20.9. The third kappa shape index (κ3) is 7.12. The molecule has 0 spiro atoms. The van der Waals surface area contributed by atoms with Crippen LogP contribution in [0.25, 0.3) is 0 Å². The fraction of sp³-hybridized carbons (Fsp3) is 0.536. The van der Waals surface area contributed by atoms with E-state index in [2.05, 4.69) is 17.0 Å². The average molecular weight is 501 g/mol. The molecule has 2 aromatic carbocycles. The Morgan fingerprint density at radius 2 is 1.77 bits per heavy atom. The van der Waals surface area contributed by atoms with E-state index in [1.807, 2.05) is 43.0 Å². The Kier molecular flexibility index (Phi) is 8.58. The van der Waals surface area contributed by atoms with Crippen LogP contribution in [0.1, 0.15) is 48.8 Å². The Balaban J connectivity index is 1.20. The molecule has 2 aliphatic heterocycles. The van der Waals surface area contributed by atoms with E-state index < -0.39 is 5.60 Å². The van der Waals surface area contributed by atoms with Crippen LogP contribution >= 0.6 is 11.6 Å². The van der Waals surface area contributed by atoms with Crippen LogP contribution in [0.3, 0.4) is 0 Å². The van der Waals surface area contributed by atoms with Gasteiger partial charge in [0.05, 0.1) is 6.61 Å². The predicted molar refractivity (Wildman–Crippen MR) is 138 cm³/mol. The minimum absolute atomic E-state index is 0.266. The molecule has 6 nitrogen and oxygen atoms in total. The Morgan fingerprint density at radius 3 is 2.46 bits per heavy atom. The van der Waals surface area contributed by atoms with Gasteiger partial charge in [-0.1, -0.05) is 23.7 Å². The van der Waals surface area contributed by atoms with E-state index in [0.717, 1.165) is 73.2 Å². The summed E-state index contributed by atoms with van der Waals surface area (Å²) in [6.07, 6.45) is 3.85. The number of rotatable bonds is 10. The lowest BCUT2D eigenvalue weighted by molar-refractivity contribution is -0.127. The molecule has 0 aromatic heterocycles. The molecule has 2 fully saturated rings. The zero-order chi connectivity index (χ0) is 24.8. The molecule has 0 bridgehead atoms. The topological polar surface area (TPSA) is 62.2 Å². The van der Waals surface area contributed by atoms with Gasteiger partial charge in [-0.15, -0.1) is 0 Å². The number of hydrogen-bond acceptors (Lipinski definition) is 5. The van der Waals surface area contributed by atoms with Crippen molar-refractivity contribution in [1.29, 1.82) is 0 Å². The number of hydrogen-bond donors (Lipinski definition) is 1. The molecule has 0 aliphatic carbocycles. The Morgan fingerprint density at radius 1 is 1.03 bits per heavy atom. The standard InChI is InChI=1S/C28H37ClN2O4/c1-21-16-25(17-22(2)27(21)29)35-20-28(33)9-13-30(14-10-28)19-23-6-3-7-24(18-23)34-15-5-12-31-11-4-8-26(31)32/h3,6-7,16-18,33H,4-5,8-15,19-20H2,1-2H3. The number of benzene rings is 2. The maximum Gasteiger partial charge on any atom is 0.222 e. The highest BCUT2D eigenvalue weighted by molar-refractivity contribution is 6.32. The molecule has 0 saturated carbocycles. The van der Waals surface area contributed by atoms with Crippen LogP contribution in [0.2, 0.25) is 5.02 Å². The van der Waals surface area contributed by atoms with Crippen molar-refractivity contribution in [2.45, 2.75) is 58.1 Å². The first-order chi connectivity index (χ1) is 16.8. The van der Waals surface area contributed by atoms with E-state index in [1.165, 1.54) is 5.56 Å². The van der Waals surface area contributed by atoms with E-state index in [9.17, 15) is 9.90 Å². The van der Waals surface area contributed by atoms with Crippen molar-refractivity contribution in [3.63, 3.8) is 0 Å². The monoisotopic (exact) mass is 500 g/mol. The summed E-state index contributed by atoms with van der Waals surface area (Å²) in [5.74, 6) is 1.89. The summed E-state index contributed by atoms with van der Waals surface area (Å²) in [6, 6.07) is 12.1. The number of carbonyl (C=O) groups is 1. The Bertz CT molecular complexity index is 997. The first-order valence-electron chi connectivity index (χ1n) is 12.7. The molecule has 0 radical (unpaired) electrons. The number of nitrogens with zero attached hydrogens (tertiary/aromatic N) is 2. The lowest BCUT2D eigenvalue weighted by Gasteiger charge is -2.38. The molecule has 2 heterocycles. The van der Waals surface area contributed by atoms with Gasteiger partial charge in [-0.05, 0) is 80.5 Å². The molecule has 190 valence electrons. The second-order valence-corrected chi connectivity index (χ2v) is 10.4. The fourth-order valence-electron chi connectivity index (χ4n) is 4.86. The maximum absolute atomic E-state index is 11.7. The summed E-state index contributed by atoms with van der Waals surface area (Å²) in [4.78, 5) is 16.0. The zero-order valence-corrected chi connectivity index (χ0v) is 21.6. The number of carbonyl (C=O) groups excluding carboxylic acids is 1. The summed E-state index contributed by atoms with van der Waals surface area (Å²) in [5.41, 5.74) is 2.35. The SMILES string of the molecule is Cc1cc(OCC2(O)CCN(Cc3cccc(OCCCN4CCCC4=O)c3)CC2)cc(C)c1Cl. The van der Waals surface area contributed by atoms with Crippen molar-refractivity contribution >= 4 is 17.5 Å². The van der Waals surface area contributed by atoms with Crippen LogP contribution in [0.15, 0.2) is 36.4 Å². The van der Waals surface area contributed by atoms with Gasteiger partial charge in [0.2, 0.25) is 5.91 Å². The molecular weight excluding hydrogens is 464 g/mol. The molecule has 0 unspecified atom stereocenters. The van der Waals surface area contributed by atoms with Crippen LogP contribution < -0.4 is 9.47 Å². The largest absolute Gasteiger partial charge is 0.494 e. The summed E-state index contributed by atoms with van der Waals surface area (Å²) in [6.45, 7) is 8.93. The van der Waals surface area contributed by atoms with Crippen LogP contribution in [0, 0.1) is 13.8 Å². The van der Waals surface area contributed by atoms with E-state index in [1.54, 1.807) is 0 Å². The molecule has 1 amide bonds. The van der Waals surface area contributed by atoms with Crippen molar-refractivity contribution in [1.82, 2.24) is 9.80 Å². The Labute approximate surface area is 213 Å². The van der Waals surface area contributed by atoms with Gasteiger partial charge in [0.25, 0.3) is 0 Å². The average Bonchev–Trinajstić information content (AvgIpc) is 3.25. The van der Waals surface area contributed by atoms with Gasteiger partial charge < -0.3 is 19.5 Å². The molecule has 0 atom stereocenters. The number of aliphatic hydroxyl groups is 1. The molecular formula is C28H37ClN2O4. The van der Waals surface area contributed by atoms with Gasteiger partial charge in [-0.2, -0.15) is 0 Å². The first kappa shape index (κ1) is 25.8. The van der Waals surface area contributed by atoms with Crippen LogP contribution in [0.5, 0.6) is 11.5 Å². The molecule has 35 heavy (non-hydrogen) atoms. The summed E-state index contributed by atoms with van der Waals surface area (Å²) in [5, 5.41) is 11.8. The quantitative estimate of drug-likeness (QED) is 0.477. The van der Waals surface area contributed by atoms with Gasteiger partial charge in [0, 0.05) is 44.2 Å². The lowest BCUT2D eigenvalue weighted by atomic mass is 9.92. The second-order valence-electron chi connectivity index (χ2n) is 9.99. The summed E-state index contributed by atoms with van der Waals surface area (Å²) >= 11 is 6.25. The second kappa shape index (κ2) is 11.6. The van der Waals surface area contributed by atoms with Gasteiger partial charge in [-0.25, -0.2) is 0 Å². The molecule has 7 heteroatoms. The predicted octanol–water partition coefficient (Wildman–Crippen LogP) is 4.75. The van der Waals surface area contributed by atoms with Crippen molar-refractivity contribution in [3.05, 3.63) is 58.1 Å². The summed E-state index contributed by atoms with van der Waals surface area (Å²) in [7, 11) is 0. The van der Waals surface area contributed by atoms with Crippen LogP contribution in [0.4, 0.5) is 0 Å². The van der Waals surface area contributed by atoms with Crippen molar-refractivity contribution in [2.24, 2.45) is 0 Å². The fourth-order valence-corrected chi connectivity index (χ4v) is 4.97. The third-order valence-electron chi connectivity index (χ3n) is 7.02. The maximum atomic E-state index is 11.7. The molecule has 1 N–H and O–H groups in total. The number of amides is 1. The van der Waals surface area contributed by atoms with Crippen LogP contribution in [-0.2, 0) is 11.3 Å². The normalized spacial score (nSPS) is 18.2. The molecule has 2 saturated heterocycles. The highest BCUT2D eigenvalue weighted by Gasteiger charge is 2.33. The van der Waals surface area contributed by atoms with E-state index >= 15 is 0 Å². The minimum atomic E-state index is -0.820. The van der Waals surface area contributed by atoms with Gasteiger partial charge in [-0.3, -0.25) is 9.69 Å². The van der Waals surface area contributed by atoms with Crippen molar-refractivity contribution in [2.75, 3.05) is 39.4 Å². The van der Waals surface area contributed by atoms with E-state index in [0.29, 0.717) is 25.9 Å². The molecule has 2 aromatic rings. The first-order valence-corrected chi connectivity index (χ1v) is 13.0. The number of piperidine rings is 1. The van der Waals surface area contributed by atoms with Crippen molar-refractivity contribution < 1.29 is 19.4 Å². The number of halogens is 1. The lowest BCUT2D eigenvalue weighted by Crippen LogP contribution is -2.47. The number of likely N-dealkylation sites (tertiary alicyclic amines) is 2. The smallest absolute Gasteiger partial charge is 0.222 e. The third-order valence-corrected chi connectivity index (χ3v) is 7.62. The molecule has 2 aliphatic rings. The van der Waals surface area contributed by atoms with E-state index in [-0.39, 0.29) is 12.5 Å². The number of ether oxygens (including phenoxy) is 2. The Hall–Kier alpha value is -2.28. The summed E-state index contributed by atoms with van der Waals surface area (Å²) < 4.78 is 11.9. The van der Waals surface area contributed by atoms with Gasteiger partial charge in [0.15, 0.2) is 0 Å². The van der Waals surface area contributed by atoms with Gasteiger partial charge in [0.1, 0.15) is 23.7 Å². The van der Waals surface area contributed by atoms with Crippen molar-refractivity contribution in [3.8, 4) is 11.5 Å². The van der Waals surface area contributed by atoms with Crippen LogP contribution in [-0.4, -0.2) is 65.8 Å². The number of aryl methyl sites for hydroxylation is 2.